The number of benzene rings is 1. The van der Waals surface area contributed by atoms with Gasteiger partial charge in [-0.15, -0.1) is 11.3 Å². The molecule has 6 nitrogen and oxygen atoms in total. The Hall–Kier alpha value is -2.28. The van der Waals surface area contributed by atoms with E-state index in [1.54, 1.807) is 7.11 Å². The summed E-state index contributed by atoms with van der Waals surface area (Å²) < 4.78 is 5.18. The molecular formula is C16H20N4O2S. The van der Waals surface area contributed by atoms with Crippen LogP contribution in [-0.2, 0) is 11.2 Å². The first-order chi connectivity index (χ1) is 11.2. The number of piperazine rings is 1. The topological polar surface area (TPSA) is 71.7 Å². The summed E-state index contributed by atoms with van der Waals surface area (Å²) in [5, 5.41) is 2.36. The second kappa shape index (κ2) is 6.87. The fourth-order valence-corrected chi connectivity index (χ4v) is 3.24. The van der Waals surface area contributed by atoms with Crippen LogP contribution in [0.1, 0.15) is 5.69 Å². The summed E-state index contributed by atoms with van der Waals surface area (Å²) in [7, 11) is 1.66. The van der Waals surface area contributed by atoms with Crippen LogP contribution in [0.25, 0.3) is 0 Å². The summed E-state index contributed by atoms with van der Waals surface area (Å²) in [6, 6.07) is 8.02. The van der Waals surface area contributed by atoms with Gasteiger partial charge in [0.25, 0.3) is 0 Å². The molecule has 1 fully saturated rings. The van der Waals surface area contributed by atoms with Crippen LogP contribution in [0.15, 0.2) is 29.6 Å². The van der Waals surface area contributed by atoms with Gasteiger partial charge in [0, 0.05) is 37.2 Å². The highest BCUT2D eigenvalue weighted by atomic mass is 32.1. The molecule has 1 amide bonds. The number of aromatic nitrogens is 1. The first-order valence-electron chi connectivity index (χ1n) is 7.52. The van der Waals surface area contributed by atoms with Gasteiger partial charge in [0.2, 0.25) is 5.91 Å². The third-order valence-corrected chi connectivity index (χ3v) is 4.69. The van der Waals surface area contributed by atoms with Crippen LogP contribution in [0.3, 0.4) is 0 Å². The molecule has 0 aliphatic carbocycles. The summed E-state index contributed by atoms with van der Waals surface area (Å²) in [5.74, 6) is 0.967. The number of carbonyl (C=O) groups excluding carboxylic acids is 1. The van der Waals surface area contributed by atoms with Crippen LogP contribution in [-0.4, -0.2) is 49.1 Å². The molecule has 0 atom stereocenters. The molecule has 2 heterocycles. The minimum Gasteiger partial charge on any atom is -0.497 e. The molecule has 1 aliphatic heterocycles. The van der Waals surface area contributed by atoms with Crippen molar-refractivity contribution in [3.8, 4) is 5.75 Å². The maximum Gasteiger partial charge on any atom is 0.228 e. The second-order valence-corrected chi connectivity index (χ2v) is 6.31. The number of methoxy groups -OCH3 is 1. The van der Waals surface area contributed by atoms with Gasteiger partial charge in [-0.25, -0.2) is 4.98 Å². The van der Waals surface area contributed by atoms with Crippen molar-refractivity contribution in [1.82, 2.24) is 9.88 Å². The molecule has 1 saturated heterocycles. The zero-order valence-electron chi connectivity index (χ0n) is 13.1. The van der Waals surface area contributed by atoms with Gasteiger partial charge in [-0.1, -0.05) is 0 Å². The number of carbonyl (C=O) groups is 1. The Labute approximate surface area is 139 Å². The van der Waals surface area contributed by atoms with Crippen LogP contribution in [0.2, 0.25) is 0 Å². The van der Waals surface area contributed by atoms with Crippen molar-refractivity contribution < 1.29 is 9.53 Å². The van der Waals surface area contributed by atoms with Crippen molar-refractivity contribution in [2.45, 2.75) is 6.42 Å². The number of thiazole rings is 1. The lowest BCUT2D eigenvalue weighted by atomic mass is 10.2. The zero-order valence-corrected chi connectivity index (χ0v) is 13.9. The van der Waals surface area contributed by atoms with E-state index in [0.29, 0.717) is 11.6 Å². The fourth-order valence-electron chi connectivity index (χ4n) is 2.68. The van der Waals surface area contributed by atoms with Gasteiger partial charge in [-0.2, -0.15) is 0 Å². The standard InChI is InChI=1S/C16H20N4O2S/c1-22-14-4-2-13(3-5-14)19-6-8-20(9-7-19)15(21)10-12-11-23-16(17)18-12/h2-5,11H,6-10H2,1H3,(H2,17,18). The lowest BCUT2D eigenvalue weighted by Crippen LogP contribution is -2.49. The van der Waals surface area contributed by atoms with E-state index in [4.69, 9.17) is 10.5 Å². The molecule has 122 valence electrons. The Bertz CT molecular complexity index is 663. The summed E-state index contributed by atoms with van der Waals surface area (Å²) in [4.78, 5) is 20.6. The largest absolute Gasteiger partial charge is 0.497 e. The first-order valence-corrected chi connectivity index (χ1v) is 8.40. The van der Waals surface area contributed by atoms with Crippen molar-refractivity contribution in [1.29, 1.82) is 0 Å². The van der Waals surface area contributed by atoms with Crippen molar-refractivity contribution >= 4 is 28.1 Å². The molecule has 1 aromatic heterocycles. The van der Waals surface area contributed by atoms with Gasteiger partial charge in [0.15, 0.2) is 5.13 Å². The van der Waals surface area contributed by atoms with E-state index in [0.717, 1.165) is 43.3 Å². The molecule has 23 heavy (non-hydrogen) atoms. The van der Waals surface area contributed by atoms with Crippen molar-refractivity contribution in [3.63, 3.8) is 0 Å². The Balaban J connectivity index is 1.54. The maximum absolute atomic E-state index is 12.3. The molecule has 1 aliphatic rings. The highest BCUT2D eigenvalue weighted by Gasteiger charge is 2.22. The molecule has 3 rings (SSSR count). The number of nitrogens with two attached hydrogens (primary N) is 1. The van der Waals surface area contributed by atoms with Crippen LogP contribution >= 0.6 is 11.3 Å². The first kappa shape index (κ1) is 15.6. The van der Waals surface area contributed by atoms with Gasteiger partial charge < -0.3 is 20.3 Å². The van der Waals surface area contributed by atoms with E-state index in [-0.39, 0.29) is 5.91 Å². The number of hydrogen-bond acceptors (Lipinski definition) is 6. The van der Waals surface area contributed by atoms with Gasteiger partial charge in [0.1, 0.15) is 5.75 Å². The molecule has 0 saturated carbocycles. The van der Waals surface area contributed by atoms with Crippen molar-refractivity contribution in [3.05, 3.63) is 35.3 Å². The Morgan fingerprint density at radius 2 is 1.96 bits per heavy atom. The average molecular weight is 332 g/mol. The lowest BCUT2D eigenvalue weighted by molar-refractivity contribution is -0.130. The van der Waals surface area contributed by atoms with E-state index in [1.165, 1.54) is 11.3 Å². The fraction of sp³-hybridized carbons (Fsp3) is 0.375. The van der Waals surface area contributed by atoms with E-state index < -0.39 is 0 Å². The highest BCUT2D eigenvalue weighted by molar-refractivity contribution is 7.13. The van der Waals surface area contributed by atoms with Crippen LogP contribution in [0.5, 0.6) is 5.75 Å². The number of ether oxygens (including phenoxy) is 1. The Kier molecular flexibility index (Phi) is 4.66. The summed E-state index contributed by atoms with van der Waals surface area (Å²) in [6.45, 7) is 3.11. The second-order valence-electron chi connectivity index (χ2n) is 5.42. The molecule has 2 N–H and O–H groups in total. The average Bonchev–Trinajstić information content (AvgIpc) is 3.00. The van der Waals surface area contributed by atoms with Crippen LogP contribution in [0.4, 0.5) is 10.8 Å². The molecule has 1 aromatic carbocycles. The molecule has 0 spiro atoms. The van der Waals surface area contributed by atoms with Crippen molar-refractivity contribution in [2.24, 2.45) is 0 Å². The SMILES string of the molecule is COc1ccc(N2CCN(C(=O)Cc3csc(N)n3)CC2)cc1. The monoisotopic (exact) mass is 332 g/mol. The van der Waals surface area contributed by atoms with E-state index in [2.05, 4.69) is 9.88 Å². The third kappa shape index (κ3) is 3.73. The van der Waals surface area contributed by atoms with Crippen LogP contribution < -0.4 is 15.4 Å². The molecular weight excluding hydrogens is 312 g/mol. The molecule has 2 aromatic rings. The number of nitrogens with zero attached hydrogens (tertiary/aromatic N) is 3. The van der Waals surface area contributed by atoms with Gasteiger partial charge in [0.05, 0.1) is 19.2 Å². The van der Waals surface area contributed by atoms with Crippen LogP contribution in [0, 0.1) is 0 Å². The van der Waals surface area contributed by atoms with Gasteiger partial charge >= 0.3 is 0 Å². The van der Waals surface area contributed by atoms with E-state index in [9.17, 15) is 4.79 Å². The smallest absolute Gasteiger partial charge is 0.228 e. The van der Waals surface area contributed by atoms with Crippen molar-refractivity contribution in [2.75, 3.05) is 43.9 Å². The lowest BCUT2D eigenvalue weighted by Gasteiger charge is -2.36. The van der Waals surface area contributed by atoms with Gasteiger partial charge in [-0.3, -0.25) is 4.79 Å². The predicted molar refractivity (Wildman–Crippen MR) is 92.0 cm³/mol. The number of nitrogen functional groups attached to an aromatic ring is 1. The zero-order chi connectivity index (χ0) is 16.2. The minimum atomic E-state index is 0.115. The summed E-state index contributed by atoms with van der Waals surface area (Å²) >= 11 is 1.37. The summed E-state index contributed by atoms with van der Waals surface area (Å²) in [5.41, 5.74) is 7.52. The van der Waals surface area contributed by atoms with E-state index in [1.807, 2.05) is 34.5 Å². The predicted octanol–water partition coefficient (Wildman–Crippen LogP) is 1.63. The Morgan fingerprint density at radius 3 is 2.52 bits per heavy atom. The number of hydrogen-bond donors (Lipinski definition) is 1. The molecule has 0 radical (unpaired) electrons. The van der Waals surface area contributed by atoms with Gasteiger partial charge in [-0.05, 0) is 24.3 Å². The molecule has 0 bridgehead atoms. The minimum absolute atomic E-state index is 0.115. The summed E-state index contributed by atoms with van der Waals surface area (Å²) in [6.07, 6.45) is 0.330. The normalized spacial score (nSPS) is 14.8. The van der Waals surface area contributed by atoms with E-state index >= 15 is 0 Å². The molecule has 0 unspecified atom stereocenters. The number of anilines is 2. The number of amides is 1. The third-order valence-electron chi connectivity index (χ3n) is 3.97. The maximum atomic E-state index is 12.3. The number of rotatable bonds is 4. The quantitative estimate of drug-likeness (QED) is 0.921. The highest BCUT2D eigenvalue weighted by Crippen LogP contribution is 2.21. The molecule has 7 heteroatoms. The Morgan fingerprint density at radius 1 is 1.26 bits per heavy atom.